The van der Waals surface area contributed by atoms with Crippen molar-refractivity contribution in [2.24, 2.45) is 0 Å². The van der Waals surface area contributed by atoms with Crippen molar-refractivity contribution >= 4 is 21.6 Å². The molecule has 0 fully saturated rings. The van der Waals surface area contributed by atoms with Crippen molar-refractivity contribution < 1.29 is 18.1 Å². The highest BCUT2D eigenvalue weighted by atomic mass is 32.2. The SMILES string of the molecule is CN(CC(=O)NC(C)(C)C)S(=O)(=O)c1ccccc1[N+](=O)[O-]. The zero-order chi connectivity index (χ0) is 17.1. The summed E-state index contributed by atoms with van der Waals surface area (Å²) in [5.41, 5.74) is -1.02. The fourth-order valence-electron chi connectivity index (χ4n) is 1.74. The second-order valence-electron chi connectivity index (χ2n) is 5.78. The normalized spacial score (nSPS) is 12.2. The first-order chi connectivity index (χ1) is 9.95. The van der Waals surface area contributed by atoms with Gasteiger partial charge in [0.15, 0.2) is 4.90 Å². The number of amides is 1. The fraction of sp³-hybridized carbons (Fsp3) is 0.462. The van der Waals surface area contributed by atoms with E-state index in [1.807, 2.05) is 0 Å². The average Bonchev–Trinajstić information content (AvgIpc) is 2.36. The number of likely N-dealkylation sites (N-methyl/N-ethyl adjacent to an activating group) is 1. The van der Waals surface area contributed by atoms with Crippen LogP contribution < -0.4 is 5.32 Å². The van der Waals surface area contributed by atoms with Crippen molar-refractivity contribution in [2.45, 2.75) is 31.2 Å². The van der Waals surface area contributed by atoms with Gasteiger partial charge in [-0.3, -0.25) is 14.9 Å². The van der Waals surface area contributed by atoms with E-state index in [0.29, 0.717) is 0 Å². The van der Waals surface area contributed by atoms with Crippen LogP contribution >= 0.6 is 0 Å². The molecule has 0 spiro atoms. The van der Waals surface area contributed by atoms with E-state index >= 15 is 0 Å². The van der Waals surface area contributed by atoms with Gasteiger partial charge in [-0.15, -0.1) is 0 Å². The van der Waals surface area contributed by atoms with Crippen molar-refractivity contribution in [1.82, 2.24) is 9.62 Å². The van der Waals surface area contributed by atoms with E-state index in [2.05, 4.69) is 5.32 Å². The van der Waals surface area contributed by atoms with E-state index in [1.54, 1.807) is 20.8 Å². The highest BCUT2D eigenvalue weighted by molar-refractivity contribution is 7.89. The lowest BCUT2D eigenvalue weighted by Gasteiger charge is -2.23. The van der Waals surface area contributed by atoms with Crippen molar-refractivity contribution in [3.05, 3.63) is 34.4 Å². The Kier molecular flexibility index (Phi) is 5.26. The minimum Gasteiger partial charge on any atom is -0.350 e. The maximum Gasteiger partial charge on any atom is 0.289 e. The third-order valence-corrected chi connectivity index (χ3v) is 4.48. The van der Waals surface area contributed by atoms with Crippen LogP contribution in [0.2, 0.25) is 0 Å². The van der Waals surface area contributed by atoms with Gasteiger partial charge in [-0.1, -0.05) is 12.1 Å². The van der Waals surface area contributed by atoms with E-state index in [-0.39, 0.29) is 0 Å². The first-order valence-electron chi connectivity index (χ1n) is 6.46. The standard InChI is InChI=1S/C13H19N3O5S/c1-13(2,3)14-12(17)9-15(4)22(20,21)11-8-6-5-7-10(11)16(18)19/h5-8H,9H2,1-4H3,(H,14,17). The molecular weight excluding hydrogens is 310 g/mol. The van der Waals surface area contributed by atoms with Gasteiger partial charge in [-0.25, -0.2) is 8.42 Å². The number of nitrogens with one attached hydrogen (secondary N) is 1. The van der Waals surface area contributed by atoms with Gasteiger partial charge < -0.3 is 5.32 Å². The maximum absolute atomic E-state index is 12.4. The van der Waals surface area contributed by atoms with Gasteiger partial charge in [0, 0.05) is 18.7 Å². The van der Waals surface area contributed by atoms with Crippen LogP contribution in [0.25, 0.3) is 0 Å². The predicted molar refractivity (Wildman–Crippen MR) is 80.8 cm³/mol. The molecule has 8 nitrogen and oxygen atoms in total. The number of benzene rings is 1. The first kappa shape index (κ1) is 18.1. The van der Waals surface area contributed by atoms with Gasteiger partial charge in [0.25, 0.3) is 5.69 Å². The molecule has 0 unspecified atom stereocenters. The van der Waals surface area contributed by atoms with Crippen LogP contribution in [0.4, 0.5) is 5.69 Å². The number of carbonyl (C=O) groups is 1. The van der Waals surface area contributed by atoms with Crippen LogP contribution in [0.1, 0.15) is 20.8 Å². The summed E-state index contributed by atoms with van der Waals surface area (Å²) in [6.45, 7) is 4.87. The van der Waals surface area contributed by atoms with Crippen LogP contribution in [-0.4, -0.2) is 42.7 Å². The Balaban J connectivity index is 3.05. The summed E-state index contributed by atoms with van der Waals surface area (Å²) in [6, 6.07) is 5.02. The van der Waals surface area contributed by atoms with Gasteiger partial charge in [0.05, 0.1) is 11.5 Å². The summed E-state index contributed by atoms with van der Waals surface area (Å²) in [7, 11) is -2.93. The third kappa shape index (κ3) is 4.50. The second-order valence-corrected chi connectivity index (χ2v) is 7.80. The van der Waals surface area contributed by atoms with Gasteiger partial charge >= 0.3 is 0 Å². The van der Waals surface area contributed by atoms with Crippen LogP contribution in [-0.2, 0) is 14.8 Å². The Morgan fingerprint density at radius 3 is 2.36 bits per heavy atom. The lowest BCUT2D eigenvalue weighted by Crippen LogP contribution is -2.46. The van der Waals surface area contributed by atoms with Gasteiger partial charge in [-0.05, 0) is 26.8 Å². The number of nitro benzene ring substituents is 1. The quantitative estimate of drug-likeness (QED) is 0.643. The summed E-state index contributed by atoms with van der Waals surface area (Å²) in [5, 5.41) is 13.6. The number of sulfonamides is 1. The molecule has 9 heteroatoms. The molecule has 0 atom stereocenters. The van der Waals surface area contributed by atoms with Crippen molar-refractivity contribution in [3.63, 3.8) is 0 Å². The molecule has 0 saturated carbocycles. The van der Waals surface area contributed by atoms with E-state index in [4.69, 9.17) is 0 Å². The predicted octanol–water partition coefficient (Wildman–Crippen LogP) is 1.13. The number of hydrogen-bond acceptors (Lipinski definition) is 5. The van der Waals surface area contributed by atoms with Crippen LogP contribution in [0, 0.1) is 10.1 Å². The number of nitro groups is 1. The second kappa shape index (κ2) is 6.41. The van der Waals surface area contributed by atoms with Gasteiger partial charge in [-0.2, -0.15) is 4.31 Å². The van der Waals surface area contributed by atoms with E-state index in [0.717, 1.165) is 16.4 Å². The molecule has 1 N–H and O–H groups in total. The summed E-state index contributed by atoms with van der Waals surface area (Å²) in [6.07, 6.45) is 0. The topological polar surface area (TPSA) is 110 Å². The molecule has 0 aliphatic heterocycles. The van der Waals surface area contributed by atoms with E-state index in [1.165, 1.54) is 19.2 Å². The molecular formula is C13H19N3O5S. The molecule has 0 heterocycles. The first-order valence-corrected chi connectivity index (χ1v) is 7.90. The molecule has 0 aliphatic carbocycles. The molecule has 1 rings (SSSR count). The Morgan fingerprint density at radius 2 is 1.86 bits per heavy atom. The summed E-state index contributed by atoms with van der Waals surface area (Å²) in [4.78, 5) is 21.6. The van der Waals surface area contributed by atoms with Crippen LogP contribution in [0.15, 0.2) is 29.2 Å². The molecule has 1 amide bonds. The average molecular weight is 329 g/mol. The molecule has 0 radical (unpaired) electrons. The van der Waals surface area contributed by atoms with E-state index in [9.17, 15) is 23.3 Å². The molecule has 122 valence electrons. The summed E-state index contributed by atoms with van der Waals surface area (Å²) in [5.74, 6) is -0.489. The third-order valence-electron chi connectivity index (χ3n) is 2.63. The Bertz CT molecular complexity index is 679. The lowest BCUT2D eigenvalue weighted by molar-refractivity contribution is -0.387. The fourth-order valence-corrected chi connectivity index (χ4v) is 3.02. The van der Waals surface area contributed by atoms with Crippen molar-refractivity contribution in [1.29, 1.82) is 0 Å². The number of rotatable bonds is 5. The highest BCUT2D eigenvalue weighted by Gasteiger charge is 2.30. The van der Waals surface area contributed by atoms with E-state index < -0.39 is 43.5 Å². The van der Waals surface area contributed by atoms with Crippen LogP contribution in [0.5, 0.6) is 0 Å². The zero-order valence-electron chi connectivity index (χ0n) is 12.9. The molecule has 22 heavy (non-hydrogen) atoms. The summed E-state index contributed by atoms with van der Waals surface area (Å²) >= 11 is 0. The maximum atomic E-state index is 12.4. The van der Waals surface area contributed by atoms with Gasteiger partial charge in [0.1, 0.15) is 0 Å². The van der Waals surface area contributed by atoms with Crippen LogP contribution in [0.3, 0.4) is 0 Å². The molecule has 0 aromatic heterocycles. The lowest BCUT2D eigenvalue weighted by atomic mass is 10.1. The smallest absolute Gasteiger partial charge is 0.289 e. The minimum atomic E-state index is -4.13. The molecule has 1 aromatic rings. The molecule has 0 bridgehead atoms. The number of nitrogens with zero attached hydrogens (tertiary/aromatic N) is 2. The highest BCUT2D eigenvalue weighted by Crippen LogP contribution is 2.25. The number of carbonyl (C=O) groups excluding carboxylic acids is 1. The molecule has 0 saturated heterocycles. The Hall–Kier alpha value is -2.00. The Morgan fingerprint density at radius 1 is 1.32 bits per heavy atom. The largest absolute Gasteiger partial charge is 0.350 e. The summed E-state index contributed by atoms with van der Waals surface area (Å²) < 4.78 is 25.6. The van der Waals surface area contributed by atoms with Crippen molar-refractivity contribution in [2.75, 3.05) is 13.6 Å². The Labute approximate surface area is 129 Å². The number of hydrogen-bond donors (Lipinski definition) is 1. The molecule has 1 aromatic carbocycles. The monoisotopic (exact) mass is 329 g/mol. The molecule has 0 aliphatic rings. The minimum absolute atomic E-state index is 0.425. The van der Waals surface area contributed by atoms with Gasteiger partial charge in [0.2, 0.25) is 15.9 Å². The number of para-hydroxylation sites is 1. The van der Waals surface area contributed by atoms with Crippen molar-refractivity contribution in [3.8, 4) is 0 Å². The zero-order valence-corrected chi connectivity index (χ0v) is 13.7.